The molecule has 0 fully saturated rings. The average molecular weight is 1300 g/mol. The number of fused-ring (bicyclic) bond motifs is 23. The molecule has 102 heavy (non-hydrogen) atoms. The molecule has 16 aromatic rings. The lowest BCUT2D eigenvalue weighted by Crippen LogP contribution is -2.28. The lowest BCUT2D eigenvalue weighted by molar-refractivity contribution is 0.768. The van der Waals surface area contributed by atoms with Gasteiger partial charge in [0, 0.05) is 51.1 Å². The molecule has 16 aromatic carbocycles. The van der Waals surface area contributed by atoms with E-state index < -0.39 is 16.2 Å². The van der Waals surface area contributed by atoms with Crippen molar-refractivity contribution in [1.82, 2.24) is 0 Å². The van der Waals surface area contributed by atoms with Gasteiger partial charge < -0.3 is 14.7 Å². The van der Waals surface area contributed by atoms with Gasteiger partial charge in [0.05, 0.1) is 21.9 Å². The minimum Gasteiger partial charge on any atom is -0.310 e. The molecule has 3 nitrogen and oxygen atoms in total. The zero-order valence-corrected chi connectivity index (χ0v) is 55.9. The van der Waals surface area contributed by atoms with Gasteiger partial charge in [-0.05, 0) is 208 Å². The van der Waals surface area contributed by atoms with E-state index in [9.17, 15) is 0 Å². The zero-order valence-electron chi connectivity index (χ0n) is 55.9. The summed E-state index contributed by atoms with van der Waals surface area (Å²) in [6.45, 7) is 0. The third-order valence-corrected chi connectivity index (χ3v) is 22.9. The van der Waals surface area contributed by atoms with Crippen LogP contribution in [0.1, 0.15) is 66.8 Å². The quantitative estimate of drug-likeness (QED) is 0.128. The molecule has 2 spiro atoms. The number of nitrogens with zero attached hydrogens (tertiary/aromatic N) is 3. The molecule has 0 saturated heterocycles. The summed E-state index contributed by atoms with van der Waals surface area (Å²) >= 11 is 0. The summed E-state index contributed by atoms with van der Waals surface area (Å²) in [5.41, 5.74) is 35.9. The van der Waals surface area contributed by atoms with Crippen molar-refractivity contribution in [2.24, 2.45) is 0 Å². The molecule has 0 radical (unpaired) electrons. The molecule has 0 aliphatic heterocycles. The molecule has 0 unspecified atom stereocenters. The van der Waals surface area contributed by atoms with Crippen LogP contribution in [0.15, 0.2) is 394 Å². The molecule has 0 bridgehead atoms. The Balaban J connectivity index is 0.776. The maximum absolute atomic E-state index is 2.58. The third kappa shape index (κ3) is 7.96. The van der Waals surface area contributed by atoms with Crippen LogP contribution in [0.4, 0.5) is 51.2 Å². The first-order valence-electron chi connectivity index (χ1n) is 35.6. The molecule has 0 N–H and O–H groups in total. The van der Waals surface area contributed by atoms with Gasteiger partial charge in [-0.2, -0.15) is 0 Å². The monoisotopic (exact) mass is 1300 g/mol. The number of anilines is 9. The molecule has 3 heteroatoms. The summed E-state index contributed by atoms with van der Waals surface area (Å²) < 4.78 is 0. The van der Waals surface area contributed by atoms with Crippen molar-refractivity contribution in [2.45, 2.75) is 16.2 Å². The third-order valence-electron chi connectivity index (χ3n) is 22.9. The topological polar surface area (TPSA) is 9.72 Å². The second-order valence-corrected chi connectivity index (χ2v) is 27.7. The van der Waals surface area contributed by atoms with E-state index in [4.69, 9.17) is 0 Å². The summed E-state index contributed by atoms with van der Waals surface area (Å²) in [5, 5.41) is 0. The number of benzene rings is 16. The van der Waals surface area contributed by atoms with E-state index in [0.29, 0.717) is 0 Å². The van der Waals surface area contributed by atoms with Gasteiger partial charge in [0.2, 0.25) is 0 Å². The van der Waals surface area contributed by atoms with Gasteiger partial charge in [0.1, 0.15) is 0 Å². The summed E-state index contributed by atoms with van der Waals surface area (Å²) in [5.74, 6) is 0. The summed E-state index contributed by atoms with van der Waals surface area (Å²) in [6, 6.07) is 148. The van der Waals surface area contributed by atoms with Gasteiger partial charge in [-0.3, -0.25) is 0 Å². The Morgan fingerprint density at radius 1 is 0.147 bits per heavy atom. The first-order chi connectivity index (χ1) is 50.6. The Morgan fingerprint density at radius 2 is 0.402 bits per heavy atom. The van der Waals surface area contributed by atoms with Gasteiger partial charge in [0.15, 0.2) is 0 Å². The molecule has 476 valence electrons. The highest BCUT2D eigenvalue weighted by Crippen LogP contribution is 2.67. The van der Waals surface area contributed by atoms with Gasteiger partial charge in [-0.1, -0.05) is 303 Å². The average Bonchev–Trinajstić information content (AvgIpc) is 1.52. The zero-order chi connectivity index (χ0) is 67.1. The van der Waals surface area contributed by atoms with E-state index in [2.05, 4.69) is 409 Å². The summed E-state index contributed by atoms with van der Waals surface area (Å²) in [4.78, 5) is 7.47. The molecular formula is C99H65N3. The van der Waals surface area contributed by atoms with Crippen LogP contribution >= 0.6 is 0 Å². The van der Waals surface area contributed by atoms with Crippen LogP contribution in [-0.4, -0.2) is 0 Å². The fourth-order valence-corrected chi connectivity index (χ4v) is 19.1. The van der Waals surface area contributed by atoms with Crippen LogP contribution in [-0.2, 0) is 16.2 Å². The maximum Gasteiger partial charge on any atom is 0.0726 e. The van der Waals surface area contributed by atoms with Crippen LogP contribution in [0.25, 0.3) is 55.6 Å². The number of para-hydroxylation sites is 2. The second-order valence-electron chi connectivity index (χ2n) is 27.7. The highest BCUT2D eigenvalue weighted by atomic mass is 15.2. The van der Waals surface area contributed by atoms with Crippen molar-refractivity contribution in [3.05, 3.63) is 461 Å². The van der Waals surface area contributed by atoms with E-state index in [-0.39, 0.29) is 0 Å². The number of rotatable bonds is 11. The molecule has 0 saturated carbocycles. The molecule has 5 aliphatic carbocycles. The Kier molecular flexibility index (Phi) is 12.8. The first kappa shape index (κ1) is 57.9. The van der Waals surface area contributed by atoms with E-state index in [1.54, 1.807) is 0 Å². The second kappa shape index (κ2) is 22.5. The van der Waals surface area contributed by atoms with Gasteiger partial charge in [0.25, 0.3) is 0 Å². The predicted octanol–water partition coefficient (Wildman–Crippen LogP) is 25.1. The first-order valence-corrected chi connectivity index (χ1v) is 35.6. The van der Waals surface area contributed by atoms with Gasteiger partial charge in [-0.25, -0.2) is 0 Å². The highest BCUT2D eigenvalue weighted by Gasteiger charge is 2.54. The largest absolute Gasteiger partial charge is 0.310 e. The van der Waals surface area contributed by atoms with Crippen molar-refractivity contribution in [2.75, 3.05) is 14.7 Å². The van der Waals surface area contributed by atoms with Gasteiger partial charge in [-0.15, -0.1) is 0 Å². The van der Waals surface area contributed by atoms with E-state index in [1.165, 1.54) is 122 Å². The fourth-order valence-electron chi connectivity index (χ4n) is 19.1. The van der Waals surface area contributed by atoms with Crippen LogP contribution in [0.2, 0.25) is 0 Å². The maximum atomic E-state index is 2.58. The standard InChI is InChI=1S/C99H65N3/c1-5-30-66(31-6-1)97(67-32-7-2-8-33-67)91-55-26-19-48-84(91)96-92(97)56-29-57-95(96)102(75-59-61-83-81-47-18-25-54-90(81)99(94(83)65-75)87-51-22-15-44-78(87)79-45-16-23-52-88(79)99)73-41-28-40-72(63-73)100(68-34-9-3-10-35-68)70-38-27-39-71(62-70)101(69-36-11-4-12-37-69)74-58-60-82-80-46-17-24-53-89(80)98(93(82)64-74)85-49-20-13-42-76(85)77-43-14-21-50-86(77)98/h1-65H. The molecule has 0 amide bonds. The normalized spacial score (nSPS) is 13.9. The summed E-state index contributed by atoms with van der Waals surface area (Å²) in [7, 11) is 0. The number of hydrogen-bond donors (Lipinski definition) is 0. The smallest absolute Gasteiger partial charge is 0.0726 e. The fraction of sp³-hybridized carbons (Fsp3) is 0.0303. The predicted molar refractivity (Wildman–Crippen MR) is 420 cm³/mol. The van der Waals surface area contributed by atoms with Crippen molar-refractivity contribution >= 4 is 51.2 Å². The Hall–Kier alpha value is -13.1. The van der Waals surface area contributed by atoms with Crippen LogP contribution in [0, 0.1) is 0 Å². The summed E-state index contributed by atoms with van der Waals surface area (Å²) in [6.07, 6.45) is 0. The Bertz CT molecular complexity index is 5890. The lowest BCUT2D eigenvalue weighted by Gasteiger charge is -2.35. The van der Waals surface area contributed by atoms with Crippen LogP contribution < -0.4 is 14.7 Å². The molecular weight excluding hydrogens is 1230 g/mol. The molecule has 5 aliphatic rings. The van der Waals surface area contributed by atoms with Crippen molar-refractivity contribution in [3.8, 4) is 55.6 Å². The van der Waals surface area contributed by atoms with Crippen molar-refractivity contribution < 1.29 is 0 Å². The molecule has 0 aromatic heterocycles. The minimum atomic E-state index is -0.624. The highest BCUT2D eigenvalue weighted by molar-refractivity contribution is 6.02. The molecule has 21 rings (SSSR count). The number of hydrogen-bond acceptors (Lipinski definition) is 3. The van der Waals surface area contributed by atoms with E-state index >= 15 is 0 Å². The van der Waals surface area contributed by atoms with Crippen LogP contribution in [0.5, 0.6) is 0 Å². The molecule has 0 heterocycles. The SMILES string of the molecule is c1ccc(N(c2cccc(N(c3ccccc3)c3ccc4c(c3)C3(c5ccccc5-c5ccccc53)c3ccccc3-4)c2)c2cccc(N(c3ccc4c(c3)C3(c5ccccc5-c5ccccc53)c3ccccc3-4)c3cccc4c3-c3ccccc3C4(c3ccccc3)c3ccccc3)c2)cc1. The van der Waals surface area contributed by atoms with E-state index in [1.807, 2.05) is 0 Å². The van der Waals surface area contributed by atoms with Crippen LogP contribution in [0.3, 0.4) is 0 Å². The lowest BCUT2D eigenvalue weighted by atomic mass is 9.68. The Labute approximate surface area is 595 Å². The molecule has 0 atom stereocenters. The van der Waals surface area contributed by atoms with Gasteiger partial charge >= 0.3 is 0 Å². The minimum absolute atomic E-state index is 0.502. The van der Waals surface area contributed by atoms with E-state index in [0.717, 1.165) is 51.2 Å². The Morgan fingerprint density at radius 3 is 0.775 bits per heavy atom. The van der Waals surface area contributed by atoms with Crippen molar-refractivity contribution in [1.29, 1.82) is 0 Å². The van der Waals surface area contributed by atoms with Crippen molar-refractivity contribution in [3.63, 3.8) is 0 Å².